The topological polar surface area (TPSA) is 171 Å². The van der Waals surface area contributed by atoms with Gasteiger partial charge in [-0.25, -0.2) is 9.59 Å². The molecule has 0 amide bonds. The molecule has 5 atom stereocenters. The van der Waals surface area contributed by atoms with Gasteiger partial charge in [0, 0.05) is 16.7 Å². The van der Waals surface area contributed by atoms with Gasteiger partial charge in [0.1, 0.15) is 29.8 Å². The maximum atomic E-state index is 12.7. The zero-order chi connectivity index (χ0) is 26.0. The summed E-state index contributed by atoms with van der Waals surface area (Å²) in [5.74, 6) is -1.89. The normalized spacial score (nSPS) is 19.9. The van der Waals surface area contributed by atoms with Crippen LogP contribution >= 0.6 is 0 Å². The lowest BCUT2D eigenvalue weighted by Crippen LogP contribution is -2.49. The number of fused-ring (bicyclic) bond motifs is 1. The molecule has 0 aromatic heterocycles. The molecule has 0 saturated carbocycles. The molecule has 0 fully saturated rings. The highest BCUT2D eigenvalue weighted by Gasteiger charge is 2.48. The highest BCUT2D eigenvalue weighted by molar-refractivity contribution is 5.96. The Hall–Kier alpha value is -4.09. The fraction of sp³-hybridized carbons (Fsp3) is 0.192. The van der Waals surface area contributed by atoms with Crippen LogP contribution in [0.25, 0.3) is 0 Å². The van der Waals surface area contributed by atoms with Gasteiger partial charge in [0.25, 0.3) is 0 Å². The fourth-order valence-electron chi connectivity index (χ4n) is 4.05. The number of aliphatic hydroxyl groups is 4. The molecule has 1 unspecified atom stereocenters. The molecular weight excluding hydrogens is 472 g/mol. The van der Waals surface area contributed by atoms with Crippen LogP contribution in [0.15, 0.2) is 72.8 Å². The molecule has 5 N–H and O–H groups in total. The maximum Gasteiger partial charge on any atom is 0.343 e. The van der Waals surface area contributed by atoms with Gasteiger partial charge in [0.15, 0.2) is 18.0 Å². The smallest absolute Gasteiger partial charge is 0.343 e. The first-order valence-electron chi connectivity index (χ1n) is 10.8. The number of hydrogen-bond acceptors (Lipinski definition) is 10. The lowest BCUT2D eigenvalue weighted by molar-refractivity contribution is -0.161. The molecule has 186 valence electrons. The highest BCUT2D eigenvalue weighted by atomic mass is 16.6. The van der Waals surface area contributed by atoms with Crippen LogP contribution in [0.3, 0.4) is 0 Å². The SMILES string of the molecule is O=C[C@H](O)[C@@H](O)[C@H](O)[C@H](O)C(=O)Oc1ccc(C2(c3ccc(O)cc3)OC(=O)c3ccccc32)cc1. The predicted octanol–water partition coefficient (Wildman–Crippen LogP) is 0.402. The number of phenolic OH excluding ortho intramolecular Hbond substituents is 1. The number of esters is 2. The molecule has 4 rings (SSSR count). The van der Waals surface area contributed by atoms with Gasteiger partial charge in [-0.1, -0.05) is 42.5 Å². The van der Waals surface area contributed by atoms with Gasteiger partial charge in [-0.2, -0.15) is 0 Å². The Labute approximate surface area is 204 Å². The first kappa shape index (κ1) is 25.0. The Morgan fingerprint density at radius 2 is 1.44 bits per heavy atom. The standard InChI is InChI=1S/C26H22O10/c27-13-20(29)21(30)22(31)23(32)25(34)35-17-11-7-15(8-12-17)26(14-5-9-16(28)10-6-14)19-4-2-1-3-18(19)24(33)36-26/h1-13,20-23,28-32H/t20-,21+,22-,23-,26?/m0/s1. The predicted molar refractivity (Wildman–Crippen MR) is 122 cm³/mol. The van der Waals surface area contributed by atoms with Crippen LogP contribution in [0.2, 0.25) is 0 Å². The van der Waals surface area contributed by atoms with Gasteiger partial charge in [-0.05, 0) is 30.3 Å². The number of phenols is 1. The van der Waals surface area contributed by atoms with E-state index in [2.05, 4.69) is 0 Å². The van der Waals surface area contributed by atoms with Crippen molar-refractivity contribution >= 4 is 18.2 Å². The summed E-state index contributed by atoms with van der Waals surface area (Å²) in [7, 11) is 0. The van der Waals surface area contributed by atoms with Gasteiger partial charge in [0.05, 0.1) is 5.56 Å². The maximum absolute atomic E-state index is 12.7. The lowest BCUT2D eigenvalue weighted by atomic mass is 9.80. The largest absolute Gasteiger partial charge is 0.508 e. The third-order valence-electron chi connectivity index (χ3n) is 5.93. The minimum absolute atomic E-state index is 0.0280. The van der Waals surface area contributed by atoms with Crippen LogP contribution in [0.1, 0.15) is 27.0 Å². The first-order chi connectivity index (χ1) is 17.2. The van der Waals surface area contributed by atoms with Crippen molar-refractivity contribution in [2.75, 3.05) is 0 Å². The number of hydrogen-bond donors (Lipinski definition) is 5. The summed E-state index contributed by atoms with van der Waals surface area (Å²) in [5.41, 5.74) is 0.649. The van der Waals surface area contributed by atoms with Crippen molar-refractivity contribution in [1.29, 1.82) is 0 Å². The second-order valence-electron chi connectivity index (χ2n) is 8.16. The van der Waals surface area contributed by atoms with E-state index in [0.29, 0.717) is 22.3 Å². The Bertz CT molecular complexity index is 1270. The molecule has 0 radical (unpaired) electrons. The van der Waals surface area contributed by atoms with Crippen LogP contribution < -0.4 is 4.74 Å². The molecule has 0 bridgehead atoms. The molecule has 0 aliphatic carbocycles. The summed E-state index contributed by atoms with van der Waals surface area (Å²) < 4.78 is 11.0. The number of benzene rings is 3. The molecule has 10 nitrogen and oxygen atoms in total. The van der Waals surface area contributed by atoms with Gasteiger partial charge in [-0.3, -0.25) is 0 Å². The second-order valence-corrected chi connectivity index (χ2v) is 8.16. The third kappa shape index (κ3) is 4.34. The lowest BCUT2D eigenvalue weighted by Gasteiger charge is -2.30. The van der Waals surface area contributed by atoms with E-state index in [1.165, 1.54) is 24.3 Å². The average Bonchev–Trinajstić information content (AvgIpc) is 3.21. The van der Waals surface area contributed by atoms with E-state index in [1.807, 2.05) is 0 Å². The number of aliphatic hydroxyl groups excluding tert-OH is 4. The molecular formula is C26H22O10. The van der Waals surface area contributed by atoms with Crippen LogP contribution in [0.5, 0.6) is 11.5 Å². The summed E-state index contributed by atoms with van der Waals surface area (Å²) in [4.78, 5) is 35.5. The van der Waals surface area contributed by atoms with Crippen molar-refractivity contribution in [2.45, 2.75) is 30.0 Å². The summed E-state index contributed by atoms with van der Waals surface area (Å²) in [6.07, 6.45) is -8.59. The van der Waals surface area contributed by atoms with Crippen molar-refractivity contribution in [1.82, 2.24) is 0 Å². The molecule has 3 aromatic rings. The van der Waals surface area contributed by atoms with Crippen molar-refractivity contribution in [3.05, 3.63) is 95.1 Å². The minimum Gasteiger partial charge on any atom is -0.508 e. The summed E-state index contributed by atoms with van der Waals surface area (Å²) in [6, 6.07) is 18.9. The molecule has 3 aromatic carbocycles. The van der Waals surface area contributed by atoms with E-state index in [0.717, 1.165) is 0 Å². The summed E-state index contributed by atoms with van der Waals surface area (Å²) in [6.45, 7) is 0. The van der Waals surface area contributed by atoms with E-state index >= 15 is 0 Å². The Balaban J connectivity index is 1.64. The Morgan fingerprint density at radius 1 is 0.861 bits per heavy atom. The molecule has 1 heterocycles. The van der Waals surface area contributed by atoms with Crippen molar-refractivity contribution in [3.63, 3.8) is 0 Å². The van der Waals surface area contributed by atoms with Crippen LogP contribution in [0, 0.1) is 0 Å². The van der Waals surface area contributed by atoms with Gasteiger partial charge < -0.3 is 39.8 Å². The van der Waals surface area contributed by atoms with Gasteiger partial charge >= 0.3 is 11.9 Å². The number of rotatable bonds is 8. The second kappa shape index (κ2) is 9.88. The van der Waals surface area contributed by atoms with E-state index in [-0.39, 0.29) is 17.8 Å². The number of carbonyl (C=O) groups excluding carboxylic acids is 3. The summed E-state index contributed by atoms with van der Waals surface area (Å²) >= 11 is 0. The number of aldehydes is 1. The first-order valence-corrected chi connectivity index (χ1v) is 10.8. The number of ether oxygens (including phenoxy) is 2. The zero-order valence-corrected chi connectivity index (χ0v) is 18.6. The van der Waals surface area contributed by atoms with Gasteiger partial charge in [0.2, 0.25) is 0 Å². The van der Waals surface area contributed by atoms with Crippen molar-refractivity contribution in [2.24, 2.45) is 0 Å². The zero-order valence-electron chi connectivity index (χ0n) is 18.6. The monoisotopic (exact) mass is 494 g/mol. The van der Waals surface area contributed by atoms with E-state index < -0.39 is 42.0 Å². The Morgan fingerprint density at radius 3 is 2.06 bits per heavy atom. The quantitative estimate of drug-likeness (QED) is 0.168. The van der Waals surface area contributed by atoms with Gasteiger partial charge in [-0.15, -0.1) is 0 Å². The number of aromatic hydroxyl groups is 1. The average molecular weight is 494 g/mol. The van der Waals surface area contributed by atoms with E-state index in [9.17, 15) is 39.9 Å². The molecule has 0 spiro atoms. The molecule has 1 aliphatic heterocycles. The van der Waals surface area contributed by atoms with E-state index in [1.54, 1.807) is 48.5 Å². The molecule has 10 heteroatoms. The Kier molecular flexibility index (Phi) is 6.86. The molecule has 1 aliphatic rings. The van der Waals surface area contributed by atoms with Crippen LogP contribution in [0.4, 0.5) is 0 Å². The number of cyclic esters (lactones) is 1. The van der Waals surface area contributed by atoms with Crippen molar-refractivity contribution < 1.29 is 49.4 Å². The molecule has 36 heavy (non-hydrogen) atoms. The van der Waals surface area contributed by atoms with Crippen molar-refractivity contribution in [3.8, 4) is 11.5 Å². The number of carbonyl (C=O) groups is 3. The highest BCUT2D eigenvalue weighted by Crippen LogP contribution is 2.47. The summed E-state index contributed by atoms with van der Waals surface area (Å²) in [5, 5.41) is 48.4. The minimum atomic E-state index is -2.25. The fourth-order valence-corrected chi connectivity index (χ4v) is 4.05. The molecule has 0 saturated heterocycles. The third-order valence-corrected chi connectivity index (χ3v) is 5.93. The van der Waals surface area contributed by atoms with Crippen LogP contribution in [-0.2, 0) is 19.9 Å². The van der Waals surface area contributed by atoms with E-state index in [4.69, 9.17) is 9.47 Å². The van der Waals surface area contributed by atoms with Crippen LogP contribution in [-0.4, -0.2) is 68.2 Å².